The van der Waals surface area contributed by atoms with Crippen LogP contribution >= 0.6 is 0 Å². The van der Waals surface area contributed by atoms with Crippen molar-refractivity contribution < 1.29 is 10.0 Å². The van der Waals surface area contributed by atoms with Crippen molar-refractivity contribution in [3.63, 3.8) is 0 Å². The maximum atomic E-state index is 11.8. The highest BCUT2D eigenvalue weighted by Gasteiger charge is 2.12. The lowest BCUT2D eigenvalue weighted by atomic mass is 10.2. The molecular weight excluding hydrogens is 270 g/mol. The fraction of sp³-hybridized carbons (Fsp3) is 0.500. The number of carbonyl (C=O) groups excluding carboxylic acids is 1. The van der Waals surface area contributed by atoms with Gasteiger partial charge >= 0.3 is 0 Å². The summed E-state index contributed by atoms with van der Waals surface area (Å²) < 4.78 is 0. The van der Waals surface area contributed by atoms with Crippen molar-refractivity contribution in [1.29, 1.82) is 0 Å². The predicted octanol–water partition coefficient (Wildman–Crippen LogP) is 0.426. The van der Waals surface area contributed by atoms with Crippen LogP contribution < -0.4 is 16.4 Å². The predicted molar refractivity (Wildman–Crippen MR) is 80.9 cm³/mol. The minimum atomic E-state index is -0.302. The molecule has 5 N–H and O–H groups in total. The van der Waals surface area contributed by atoms with E-state index in [0.29, 0.717) is 24.7 Å². The van der Waals surface area contributed by atoms with Gasteiger partial charge in [-0.15, -0.1) is 0 Å². The molecule has 21 heavy (non-hydrogen) atoms. The normalized spacial score (nSPS) is 13.2. The molecule has 0 aliphatic carbocycles. The van der Waals surface area contributed by atoms with E-state index in [4.69, 9.17) is 10.9 Å². The Morgan fingerprint density at radius 2 is 2.19 bits per heavy atom. The zero-order chi connectivity index (χ0) is 15.8. The smallest absolute Gasteiger partial charge is 0.236 e. The number of nitrogens with zero attached hydrogens (tertiary/aromatic N) is 2. The molecule has 0 bridgehead atoms. The van der Waals surface area contributed by atoms with Crippen LogP contribution in [0, 0.1) is 5.92 Å². The molecule has 1 aromatic heterocycles. The van der Waals surface area contributed by atoms with Gasteiger partial charge in [0.05, 0.1) is 6.04 Å². The van der Waals surface area contributed by atoms with Crippen molar-refractivity contribution in [2.24, 2.45) is 16.8 Å². The average Bonchev–Trinajstić information content (AvgIpc) is 2.49. The maximum Gasteiger partial charge on any atom is 0.236 e. The zero-order valence-electron chi connectivity index (χ0n) is 12.6. The van der Waals surface area contributed by atoms with Crippen LogP contribution in [0.25, 0.3) is 0 Å². The van der Waals surface area contributed by atoms with Gasteiger partial charge in [-0.2, -0.15) is 0 Å². The number of hydrogen-bond acceptors (Lipinski definition) is 5. The maximum absolute atomic E-state index is 11.8. The standard InChI is InChI=1S/C14H23N5O2/c1-9(2)7-18-14(20)10(3)17-8-11-4-5-16-12(6-11)13(15)19-21/h4-6,9-10,17,21H,7-8H2,1-3H3,(H2,15,19)(H,18,20). The number of amides is 1. The Kier molecular flexibility index (Phi) is 6.61. The topological polar surface area (TPSA) is 113 Å². The minimum absolute atomic E-state index is 0.0329. The first-order chi connectivity index (χ1) is 9.93. The van der Waals surface area contributed by atoms with Crippen molar-refractivity contribution in [3.8, 4) is 0 Å². The molecular formula is C14H23N5O2. The number of rotatable bonds is 7. The fourth-order valence-electron chi connectivity index (χ4n) is 1.60. The van der Waals surface area contributed by atoms with Gasteiger partial charge < -0.3 is 21.6 Å². The zero-order valence-corrected chi connectivity index (χ0v) is 12.6. The molecule has 0 aromatic carbocycles. The van der Waals surface area contributed by atoms with E-state index in [1.165, 1.54) is 0 Å². The molecule has 0 spiro atoms. The fourth-order valence-corrected chi connectivity index (χ4v) is 1.60. The molecule has 7 nitrogen and oxygen atoms in total. The summed E-state index contributed by atoms with van der Waals surface area (Å²) in [6.45, 7) is 7.05. The highest BCUT2D eigenvalue weighted by molar-refractivity contribution is 5.95. The Bertz CT molecular complexity index is 502. The van der Waals surface area contributed by atoms with Crippen LogP contribution in [-0.4, -0.2) is 34.5 Å². The van der Waals surface area contributed by atoms with Gasteiger partial charge in [0.2, 0.25) is 5.91 Å². The van der Waals surface area contributed by atoms with Crippen molar-refractivity contribution >= 4 is 11.7 Å². The summed E-state index contributed by atoms with van der Waals surface area (Å²) in [6, 6.07) is 3.21. The Labute approximate surface area is 124 Å². The minimum Gasteiger partial charge on any atom is -0.409 e. The first kappa shape index (κ1) is 16.9. The summed E-state index contributed by atoms with van der Waals surface area (Å²) in [5.41, 5.74) is 6.78. The van der Waals surface area contributed by atoms with Gasteiger partial charge in [0.25, 0.3) is 0 Å². The van der Waals surface area contributed by atoms with Crippen molar-refractivity contribution in [3.05, 3.63) is 29.6 Å². The molecule has 116 valence electrons. The molecule has 1 rings (SSSR count). The van der Waals surface area contributed by atoms with Gasteiger partial charge in [0, 0.05) is 19.3 Å². The van der Waals surface area contributed by atoms with Crippen LogP contribution in [0.5, 0.6) is 0 Å². The lowest BCUT2D eigenvalue weighted by Gasteiger charge is -2.15. The Hall–Kier alpha value is -2.15. The van der Waals surface area contributed by atoms with Crippen LogP contribution in [-0.2, 0) is 11.3 Å². The Morgan fingerprint density at radius 3 is 2.81 bits per heavy atom. The van der Waals surface area contributed by atoms with E-state index in [0.717, 1.165) is 5.56 Å². The van der Waals surface area contributed by atoms with E-state index < -0.39 is 0 Å². The van der Waals surface area contributed by atoms with E-state index in [1.54, 1.807) is 25.3 Å². The molecule has 1 atom stereocenters. The third kappa shape index (κ3) is 5.78. The second kappa shape index (κ2) is 8.21. The summed E-state index contributed by atoms with van der Waals surface area (Å²) in [5.74, 6) is 0.346. The van der Waals surface area contributed by atoms with E-state index in [1.807, 2.05) is 13.8 Å². The summed E-state index contributed by atoms with van der Waals surface area (Å²) in [7, 11) is 0. The number of pyridine rings is 1. The van der Waals surface area contributed by atoms with E-state index in [2.05, 4.69) is 20.8 Å². The molecule has 0 aliphatic heterocycles. The van der Waals surface area contributed by atoms with Gasteiger partial charge in [-0.25, -0.2) is 0 Å². The molecule has 0 fully saturated rings. The van der Waals surface area contributed by atoms with E-state index in [9.17, 15) is 4.79 Å². The van der Waals surface area contributed by atoms with Gasteiger partial charge in [-0.05, 0) is 30.5 Å². The number of carbonyl (C=O) groups is 1. The van der Waals surface area contributed by atoms with Crippen LogP contribution in [0.3, 0.4) is 0 Å². The first-order valence-electron chi connectivity index (χ1n) is 6.88. The molecule has 0 saturated carbocycles. The van der Waals surface area contributed by atoms with Gasteiger partial charge in [-0.3, -0.25) is 9.78 Å². The summed E-state index contributed by atoms with van der Waals surface area (Å²) in [5, 5.41) is 17.5. The lowest BCUT2D eigenvalue weighted by molar-refractivity contribution is -0.122. The Morgan fingerprint density at radius 1 is 1.48 bits per heavy atom. The van der Waals surface area contributed by atoms with Crippen LogP contribution in [0.2, 0.25) is 0 Å². The molecule has 1 amide bonds. The second-order valence-corrected chi connectivity index (χ2v) is 5.28. The van der Waals surface area contributed by atoms with Gasteiger partial charge in [0.1, 0.15) is 5.69 Å². The molecule has 0 aliphatic rings. The number of aromatic nitrogens is 1. The molecule has 1 aromatic rings. The van der Waals surface area contributed by atoms with Gasteiger partial charge in [0.15, 0.2) is 5.84 Å². The second-order valence-electron chi connectivity index (χ2n) is 5.28. The highest BCUT2D eigenvalue weighted by Crippen LogP contribution is 2.02. The van der Waals surface area contributed by atoms with Crippen LogP contribution in [0.4, 0.5) is 0 Å². The SMILES string of the molecule is CC(C)CNC(=O)C(C)NCc1ccnc(/C(N)=N/O)c1. The number of oxime groups is 1. The highest BCUT2D eigenvalue weighted by atomic mass is 16.4. The van der Waals surface area contributed by atoms with Crippen LogP contribution in [0.15, 0.2) is 23.5 Å². The molecule has 0 saturated heterocycles. The molecule has 1 heterocycles. The summed E-state index contributed by atoms with van der Waals surface area (Å²) in [4.78, 5) is 15.8. The summed E-state index contributed by atoms with van der Waals surface area (Å²) >= 11 is 0. The van der Waals surface area contributed by atoms with Crippen molar-refractivity contribution in [2.45, 2.75) is 33.4 Å². The van der Waals surface area contributed by atoms with Gasteiger partial charge in [-0.1, -0.05) is 19.0 Å². The number of nitrogens with one attached hydrogen (secondary N) is 2. The third-order valence-electron chi connectivity index (χ3n) is 2.88. The van der Waals surface area contributed by atoms with Crippen molar-refractivity contribution in [2.75, 3.05) is 6.54 Å². The molecule has 1 unspecified atom stereocenters. The quantitative estimate of drug-likeness (QED) is 0.252. The number of amidine groups is 1. The van der Waals surface area contributed by atoms with E-state index >= 15 is 0 Å². The van der Waals surface area contributed by atoms with Crippen LogP contribution in [0.1, 0.15) is 32.0 Å². The number of nitrogens with two attached hydrogens (primary N) is 1. The number of hydrogen-bond donors (Lipinski definition) is 4. The van der Waals surface area contributed by atoms with Crippen molar-refractivity contribution in [1.82, 2.24) is 15.6 Å². The largest absolute Gasteiger partial charge is 0.409 e. The lowest BCUT2D eigenvalue weighted by Crippen LogP contribution is -2.43. The monoisotopic (exact) mass is 293 g/mol. The summed E-state index contributed by atoms with van der Waals surface area (Å²) in [6.07, 6.45) is 1.58. The third-order valence-corrected chi connectivity index (χ3v) is 2.88. The first-order valence-corrected chi connectivity index (χ1v) is 6.88. The molecule has 7 heteroatoms. The molecule has 0 radical (unpaired) electrons. The average molecular weight is 293 g/mol. The Balaban J connectivity index is 2.53. The van der Waals surface area contributed by atoms with E-state index in [-0.39, 0.29) is 17.8 Å².